The first-order valence-corrected chi connectivity index (χ1v) is 6.64. The average Bonchev–Trinajstić information content (AvgIpc) is 2.81. The van der Waals surface area contributed by atoms with Gasteiger partial charge in [-0.05, 0) is 33.3 Å². The van der Waals surface area contributed by atoms with Crippen molar-refractivity contribution in [3.05, 3.63) is 29.7 Å². The number of nitrogens with one attached hydrogen (secondary N) is 1. The summed E-state index contributed by atoms with van der Waals surface area (Å²) < 4.78 is 1.53. The minimum Gasteiger partial charge on any atom is -0.481 e. The topological polar surface area (TPSA) is 96.6 Å². The van der Waals surface area contributed by atoms with Crippen molar-refractivity contribution in [2.75, 3.05) is 6.54 Å². The smallest absolute Gasteiger partial charge is 0.309 e. The van der Waals surface area contributed by atoms with Crippen LogP contribution in [-0.2, 0) is 4.79 Å². The third-order valence-corrected chi connectivity index (χ3v) is 3.37. The van der Waals surface area contributed by atoms with Gasteiger partial charge in [-0.1, -0.05) is 0 Å². The number of rotatable bonds is 5. The fourth-order valence-electron chi connectivity index (χ4n) is 1.81. The molecule has 112 valence electrons. The molecule has 0 spiro atoms. The van der Waals surface area contributed by atoms with E-state index >= 15 is 0 Å². The van der Waals surface area contributed by atoms with Crippen molar-refractivity contribution in [1.82, 2.24) is 19.9 Å². The molecule has 0 saturated carbocycles. The van der Waals surface area contributed by atoms with Crippen LogP contribution in [0.5, 0.6) is 0 Å². The standard InChI is InChI=1S/C14H18N4O3/c1-9-4-7-18-11(17-9)10(8-16-18)12(19)15-6-5-14(2,3)13(20)21/h4,7-8H,5-6H2,1-3H3,(H,15,19)(H,20,21). The molecule has 2 N–H and O–H groups in total. The van der Waals surface area contributed by atoms with E-state index in [4.69, 9.17) is 5.11 Å². The van der Waals surface area contributed by atoms with E-state index in [0.29, 0.717) is 17.6 Å². The molecule has 7 heteroatoms. The molecule has 2 heterocycles. The van der Waals surface area contributed by atoms with Gasteiger partial charge in [0.15, 0.2) is 5.65 Å². The van der Waals surface area contributed by atoms with E-state index in [1.807, 2.05) is 6.92 Å². The van der Waals surface area contributed by atoms with Crippen LogP contribution in [0.15, 0.2) is 18.5 Å². The summed E-state index contributed by atoms with van der Waals surface area (Å²) in [5.41, 5.74) is 0.796. The van der Waals surface area contributed by atoms with Crippen LogP contribution < -0.4 is 5.32 Å². The number of carbonyl (C=O) groups excluding carboxylic acids is 1. The summed E-state index contributed by atoms with van der Waals surface area (Å²) in [6, 6.07) is 1.80. The Kier molecular flexibility index (Phi) is 3.93. The van der Waals surface area contributed by atoms with E-state index in [0.717, 1.165) is 5.69 Å². The maximum absolute atomic E-state index is 12.1. The van der Waals surface area contributed by atoms with Crippen molar-refractivity contribution in [1.29, 1.82) is 0 Å². The van der Waals surface area contributed by atoms with E-state index in [9.17, 15) is 9.59 Å². The van der Waals surface area contributed by atoms with Crippen LogP contribution >= 0.6 is 0 Å². The Morgan fingerprint density at radius 1 is 1.43 bits per heavy atom. The maximum Gasteiger partial charge on any atom is 0.309 e. The maximum atomic E-state index is 12.1. The Hall–Kier alpha value is -2.44. The summed E-state index contributed by atoms with van der Waals surface area (Å²) in [7, 11) is 0. The molecular weight excluding hydrogens is 272 g/mol. The zero-order valence-corrected chi connectivity index (χ0v) is 12.3. The van der Waals surface area contributed by atoms with Gasteiger partial charge in [-0.2, -0.15) is 5.10 Å². The first-order valence-electron chi connectivity index (χ1n) is 6.64. The highest BCUT2D eigenvalue weighted by molar-refractivity contribution is 5.99. The summed E-state index contributed by atoms with van der Waals surface area (Å²) in [6.07, 6.45) is 3.54. The van der Waals surface area contributed by atoms with Gasteiger partial charge in [0.2, 0.25) is 0 Å². The molecule has 0 radical (unpaired) electrons. The third-order valence-electron chi connectivity index (χ3n) is 3.37. The van der Waals surface area contributed by atoms with Crippen molar-refractivity contribution in [2.45, 2.75) is 27.2 Å². The fourth-order valence-corrected chi connectivity index (χ4v) is 1.81. The highest BCUT2D eigenvalue weighted by Crippen LogP contribution is 2.19. The number of aryl methyl sites for hydroxylation is 1. The van der Waals surface area contributed by atoms with Gasteiger partial charge in [-0.3, -0.25) is 9.59 Å². The summed E-state index contributed by atoms with van der Waals surface area (Å²) in [4.78, 5) is 27.4. The van der Waals surface area contributed by atoms with Crippen LogP contribution in [0.3, 0.4) is 0 Å². The molecule has 0 atom stereocenters. The van der Waals surface area contributed by atoms with Gasteiger partial charge in [0.1, 0.15) is 5.56 Å². The molecule has 2 rings (SSSR count). The number of aromatic nitrogens is 3. The van der Waals surface area contributed by atoms with Crippen LogP contribution in [0, 0.1) is 12.3 Å². The van der Waals surface area contributed by atoms with Gasteiger partial charge in [-0.25, -0.2) is 9.50 Å². The minimum absolute atomic E-state index is 0.279. The number of carboxylic acids is 1. The second-order valence-electron chi connectivity index (χ2n) is 5.59. The molecule has 0 aliphatic carbocycles. The van der Waals surface area contributed by atoms with Gasteiger partial charge >= 0.3 is 5.97 Å². The highest BCUT2D eigenvalue weighted by Gasteiger charge is 2.26. The first kappa shape index (κ1) is 15.0. The summed E-state index contributed by atoms with van der Waals surface area (Å²) in [5, 5.41) is 15.8. The van der Waals surface area contributed by atoms with Crippen molar-refractivity contribution in [3.8, 4) is 0 Å². The minimum atomic E-state index is -0.884. The Morgan fingerprint density at radius 2 is 2.14 bits per heavy atom. The van der Waals surface area contributed by atoms with Gasteiger partial charge in [0.05, 0.1) is 11.6 Å². The van der Waals surface area contributed by atoms with Crippen molar-refractivity contribution in [3.63, 3.8) is 0 Å². The quantitative estimate of drug-likeness (QED) is 0.864. The molecule has 0 aromatic carbocycles. The normalized spacial score (nSPS) is 11.6. The predicted molar refractivity (Wildman–Crippen MR) is 76.1 cm³/mol. The molecule has 21 heavy (non-hydrogen) atoms. The Balaban J connectivity index is 2.06. The number of hydrogen-bond donors (Lipinski definition) is 2. The molecule has 0 aliphatic rings. The zero-order valence-electron chi connectivity index (χ0n) is 12.3. The van der Waals surface area contributed by atoms with Crippen LogP contribution in [0.1, 0.15) is 36.3 Å². The van der Waals surface area contributed by atoms with Crippen LogP contribution in [0.2, 0.25) is 0 Å². The van der Waals surface area contributed by atoms with Crippen LogP contribution in [-0.4, -0.2) is 38.1 Å². The first-order chi connectivity index (χ1) is 9.81. The van der Waals surface area contributed by atoms with E-state index in [1.54, 1.807) is 26.1 Å². The van der Waals surface area contributed by atoms with E-state index < -0.39 is 11.4 Å². The Morgan fingerprint density at radius 3 is 2.81 bits per heavy atom. The van der Waals surface area contributed by atoms with E-state index in [2.05, 4.69) is 15.4 Å². The van der Waals surface area contributed by atoms with E-state index in [-0.39, 0.29) is 12.5 Å². The monoisotopic (exact) mass is 290 g/mol. The fraction of sp³-hybridized carbons (Fsp3) is 0.429. The van der Waals surface area contributed by atoms with E-state index in [1.165, 1.54) is 10.7 Å². The molecule has 7 nitrogen and oxygen atoms in total. The number of hydrogen-bond acceptors (Lipinski definition) is 4. The lowest BCUT2D eigenvalue weighted by Crippen LogP contribution is -2.32. The second kappa shape index (κ2) is 5.51. The van der Waals surface area contributed by atoms with Crippen molar-refractivity contribution in [2.24, 2.45) is 5.41 Å². The number of carboxylic acid groups (broad SMARTS) is 1. The lowest BCUT2D eigenvalue weighted by Gasteiger charge is -2.18. The lowest BCUT2D eigenvalue weighted by molar-refractivity contribution is -0.147. The molecule has 0 unspecified atom stereocenters. The summed E-state index contributed by atoms with van der Waals surface area (Å²) >= 11 is 0. The number of amides is 1. The molecule has 0 bridgehead atoms. The number of carbonyl (C=O) groups is 2. The molecule has 2 aromatic rings. The lowest BCUT2D eigenvalue weighted by atomic mass is 9.90. The molecule has 2 aromatic heterocycles. The summed E-state index contributed by atoms with van der Waals surface area (Å²) in [6.45, 7) is 5.37. The van der Waals surface area contributed by atoms with Gasteiger partial charge in [-0.15, -0.1) is 0 Å². The van der Waals surface area contributed by atoms with Gasteiger partial charge in [0, 0.05) is 18.4 Å². The van der Waals surface area contributed by atoms with Crippen LogP contribution in [0.25, 0.3) is 5.65 Å². The average molecular weight is 290 g/mol. The van der Waals surface area contributed by atoms with Crippen molar-refractivity contribution < 1.29 is 14.7 Å². The molecule has 1 amide bonds. The van der Waals surface area contributed by atoms with Crippen LogP contribution in [0.4, 0.5) is 0 Å². The highest BCUT2D eigenvalue weighted by atomic mass is 16.4. The molecule has 0 aliphatic heterocycles. The SMILES string of the molecule is Cc1ccn2ncc(C(=O)NCCC(C)(C)C(=O)O)c2n1. The number of aliphatic carboxylic acids is 1. The third kappa shape index (κ3) is 3.18. The van der Waals surface area contributed by atoms with Gasteiger partial charge < -0.3 is 10.4 Å². The zero-order chi connectivity index (χ0) is 15.6. The largest absolute Gasteiger partial charge is 0.481 e. The Bertz CT molecular complexity index is 691. The van der Waals surface area contributed by atoms with Gasteiger partial charge in [0.25, 0.3) is 5.91 Å². The molecular formula is C14H18N4O3. The number of nitrogens with zero attached hydrogens (tertiary/aromatic N) is 3. The summed E-state index contributed by atoms with van der Waals surface area (Å²) in [5.74, 6) is -1.19. The second-order valence-corrected chi connectivity index (χ2v) is 5.59. The number of fused-ring (bicyclic) bond motifs is 1. The Labute approximate surface area is 122 Å². The predicted octanol–water partition coefficient (Wildman–Crippen LogP) is 1.27. The molecule has 0 saturated heterocycles. The van der Waals surface area contributed by atoms with Crippen molar-refractivity contribution >= 4 is 17.5 Å². The molecule has 0 fully saturated rings.